The van der Waals surface area contributed by atoms with Gasteiger partial charge in [0.25, 0.3) is 5.91 Å². The normalized spacial score (nSPS) is 15.4. The average Bonchev–Trinajstić information content (AvgIpc) is 2.92. The summed E-state index contributed by atoms with van der Waals surface area (Å²) >= 11 is 0. The highest BCUT2D eigenvalue weighted by Gasteiger charge is 2.32. The van der Waals surface area contributed by atoms with Crippen LogP contribution in [0.5, 0.6) is 5.75 Å². The lowest BCUT2D eigenvalue weighted by molar-refractivity contribution is -0.140. The molecule has 1 aliphatic rings. The fraction of sp³-hybridized carbons (Fsp3) is 0.105. The molecule has 0 aliphatic carbocycles. The maximum Gasteiger partial charge on any atom is 0.323 e. The van der Waals surface area contributed by atoms with Gasteiger partial charge in [0, 0.05) is 11.1 Å². The number of carbonyl (C=O) groups excluding carboxylic acids is 1. The van der Waals surface area contributed by atoms with Crippen molar-refractivity contribution >= 4 is 23.8 Å². The number of aliphatic imine (C=N–C) groups is 1. The molecule has 2 aromatic carbocycles. The van der Waals surface area contributed by atoms with Crippen molar-refractivity contribution in [2.24, 2.45) is 4.99 Å². The van der Waals surface area contributed by atoms with Gasteiger partial charge in [-0.25, -0.2) is 4.99 Å². The Balaban J connectivity index is 2.06. The van der Waals surface area contributed by atoms with Crippen LogP contribution in [0.3, 0.4) is 0 Å². The number of aliphatic carboxylic acids is 1. The van der Waals surface area contributed by atoms with E-state index >= 15 is 0 Å². The van der Waals surface area contributed by atoms with Crippen LogP contribution in [0.2, 0.25) is 0 Å². The maximum atomic E-state index is 12.7. The van der Waals surface area contributed by atoms with Gasteiger partial charge in [0.15, 0.2) is 0 Å². The van der Waals surface area contributed by atoms with Crippen LogP contribution in [-0.2, 0) is 9.59 Å². The quantitative estimate of drug-likeness (QED) is 0.851. The number of amides is 1. The molecule has 0 aromatic heterocycles. The number of methoxy groups -OCH3 is 1. The van der Waals surface area contributed by atoms with Crippen LogP contribution in [0.4, 0.5) is 0 Å². The van der Waals surface area contributed by atoms with Gasteiger partial charge in [-0.1, -0.05) is 48.5 Å². The Hall–Kier alpha value is -3.41. The van der Waals surface area contributed by atoms with E-state index in [1.54, 1.807) is 37.5 Å². The molecule has 1 heterocycles. The van der Waals surface area contributed by atoms with E-state index < -0.39 is 18.4 Å². The minimum absolute atomic E-state index is 0.171. The van der Waals surface area contributed by atoms with Crippen molar-refractivity contribution in [3.63, 3.8) is 0 Å². The molecule has 0 fully saturated rings. The minimum atomic E-state index is -1.10. The molecule has 3 rings (SSSR count). The van der Waals surface area contributed by atoms with E-state index in [-0.39, 0.29) is 5.70 Å². The molecule has 25 heavy (non-hydrogen) atoms. The molecule has 0 atom stereocenters. The number of hydrogen-bond acceptors (Lipinski definition) is 4. The fourth-order valence-electron chi connectivity index (χ4n) is 2.57. The third kappa shape index (κ3) is 3.42. The second-order valence-corrected chi connectivity index (χ2v) is 5.36. The molecule has 0 bridgehead atoms. The molecule has 1 aliphatic heterocycles. The van der Waals surface area contributed by atoms with Crippen molar-refractivity contribution in [1.29, 1.82) is 0 Å². The van der Waals surface area contributed by atoms with Gasteiger partial charge in [0.1, 0.15) is 23.8 Å². The summed E-state index contributed by atoms with van der Waals surface area (Å²) in [5.41, 5.74) is 1.55. The molecule has 2 aromatic rings. The first kappa shape index (κ1) is 16.4. The number of para-hydroxylation sites is 1. The SMILES string of the molecule is COc1ccccc1C=C1N=C(c2ccccc2)N(CC(=O)O)C1=O. The predicted molar refractivity (Wildman–Crippen MR) is 93.3 cm³/mol. The Morgan fingerprint density at radius 2 is 1.84 bits per heavy atom. The molecule has 1 amide bonds. The Morgan fingerprint density at radius 3 is 2.52 bits per heavy atom. The Bertz CT molecular complexity index is 872. The third-order valence-corrected chi connectivity index (χ3v) is 3.70. The number of rotatable bonds is 5. The second kappa shape index (κ2) is 7.00. The summed E-state index contributed by atoms with van der Waals surface area (Å²) in [7, 11) is 1.54. The van der Waals surface area contributed by atoms with Gasteiger partial charge in [-0.3, -0.25) is 14.5 Å². The first-order chi connectivity index (χ1) is 12.1. The molecular weight excluding hydrogens is 320 g/mol. The number of carboxylic acid groups (broad SMARTS) is 1. The average molecular weight is 336 g/mol. The van der Waals surface area contributed by atoms with Crippen molar-refractivity contribution < 1.29 is 19.4 Å². The first-order valence-corrected chi connectivity index (χ1v) is 7.62. The van der Waals surface area contributed by atoms with Gasteiger partial charge in [-0.15, -0.1) is 0 Å². The molecular formula is C19H16N2O4. The van der Waals surface area contributed by atoms with E-state index in [0.29, 0.717) is 22.7 Å². The van der Waals surface area contributed by atoms with Crippen molar-refractivity contribution in [3.8, 4) is 5.75 Å². The highest BCUT2D eigenvalue weighted by atomic mass is 16.5. The molecule has 6 nitrogen and oxygen atoms in total. The van der Waals surface area contributed by atoms with Crippen LogP contribution in [0, 0.1) is 0 Å². The number of benzene rings is 2. The number of nitrogens with zero attached hydrogens (tertiary/aromatic N) is 2. The molecule has 126 valence electrons. The van der Waals surface area contributed by atoms with Gasteiger partial charge in [-0.05, 0) is 12.1 Å². The molecule has 0 saturated carbocycles. The monoisotopic (exact) mass is 336 g/mol. The summed E-state index contributed by atoms with van der Waals surface area (Å²) in [6.07, 6.45) is 1.60. The lowest BCUT2D eigenvalue weighted by atomic mass is 10.1. The van der Waals surface area contributed by atoms with Crippen molar-refractivity contribution in [3.05, 3.63) is 71.4 Å². The van der Waals surface area contributed by atoms with E-state index in [9.17, 15) is 9.59 Å². The van der Waals surface area contributed by atoms with Crippen molar-refractivity contribution in [1.82, 2.24) is 4.90 Å². The number of carbonyl (C=O) groups is 2. The Morgan fingerprint density at radius 1 is 1.16 bits per heavy atom. The number of carboxylic acids is 1. The predicted octanol–water partition coefficient (Wildman–Crippen LogP) is 2.41. The number of hydrogen-bond donors (Lipinski definition) is 1. The van der Waals surface area contributed by atoms with Gasteiger partial charge >= 0.3 is 5.97 Å². The van der Waals surface area contributed by atoms with Crippen LogP contribution >= 0.6 is 0 Å². The molecule has 0 radical (unpaired) electrons. The first-order valence-electron chi connectivity index (χ1n) is 7.62. The minimum Gasteiger partial charge on any atom is -0.496 e. The van der Waals surface area contributed by atoms with E-state index in [2.05, 4.69) is 4.99 Å². The summed E-state index contributed by atoms with van der Waals surface area (Å²) in [4.78, 5) is 29.4. The molecule has 1 N–H and O–H groups in total. The zero-order chi connectivity index (χ0) is 17.8. The fourth-order valence-corrected chi connectivity index (χ4v) is 2.57. The summed E-state index contributed by atoms with van der Waals surface area (Å²) < 4.78 is 5.28. The van der Waals surface area contributed by atoms with Crippen molar-refractivity contribution in [2.45, 2.75) is 0 Å². The zero-order valence-electron chi connectivity index (χ0n) is 13.5. The topological polar surface area (TPSA) is 79.2 Å². The molecule has 0 unspecified atom stereocenters. The van der Waals surface area contributed by atoms with Crippen molar-refractivity contribution in [2.75, 3.05) is 13.7 Å². The third-order valence-electron chi connectivity index (χ3n) is 3.70. The van der Waals surface area contributed by atoms with Gasteiger partial charge in [-0.2, -0.15) is 0 Å². The summed E-state index contributed by atoms with van der Waals surface area (Å²) in [6.45, 7) is -0.449. The van der Waals surface area contributed by atoms with E-state index in [4.69, 9.17) is 9.84 Å². The van der Waals surface area contributed by atoms with Crippen LogP contribution < -0.4 is 4.74 Å². The van der Waals surface area contributed by atoms with Gasteiger partial charge < -0.3 is 9.84 Å². The summed E-state index contributed by atoms with van der Waals surface area (Å²) in [5.74, 6) is -0.618. The van der Waals surface area contributed by atoms with E-state index in [1.165, 1.54) is 4.90 Å². The summed E-state index contributed by atoms with van der Waals surface area (Å²) in [5, 5.41) is 9.13. The zero-order valence-corrected chi connectivity index (χ0v) is 13.5. The number of amidine groups is 1. The maximum absolute atomic E-state index is 12.7. The van der Waals surface area contributed by atoms with E-state index in [1.807, 2.05) is 30.3 Å². The Kier molecular flexibility index (Phi) is 4.61. The van der Waals surface area contributed by atoms with Gasteiger partial charge in [0.05, 0.1) is 7.11 Å². The molecule has 0 saturated heterocycles. The lowest BCUT2D eigenvalue weighted by Gasteiger charge is -2.15. The van der Waals surface area contributed by atoms with E-state index in [0.717, 1.165) is 0 Å². The van der Waals surface area contributed by atoms with Crippen LogP contribution in [0.1, 0.15) is 11.1 Å². The highest BCUT2D eigenvalue weighted by molar-refractivity contribution is 6.20. The van der Waals surface area contributed by atoms with Crippen LogP contribution in [-0.4, -0.2) is 41.4 Å². The lowest BCUT2D eigenvalue weighted by Crippen LogP contribution is -2.37. The van der Waals surface area contributed by atoms with Crippen LogP contribution in [0.15, 0.2) is 65.3 Å². The smallest absolute Gasteiger partial charge is 0.323 e. The molecule has 0 spiro atoms. The standard InChI is InChI=1S/C19H16N2O4/c1-25-16-10-6-5-9-14(16)11-15-19(24)21(12-17(22)23)18(20-15)13-7-3-2-4-8-13/h2-11H,12H2,1H3,(H,22,23). The van der Waals surface area contributed by atoms with Crippen LogP contribution in [0.25, 0.3) is 6.08 Å². The second-order valence-electron chi connectivity index (χ2n) is 5.36. The summed E-state index contributed by atoms with van der Waals surface area (Å²) in [6, 6.07) is 16.3. The van der Waals surface area contributed by atoms with Gasteiger partial charge in [0.2, 0.25) is 0 Å². The molecule has 6 heteroatoms. The number of ether oxygens (including phenoxy) is 1. The largest absolute Gasteiger partial charge is 0.496 e. The Labute approximate surface area is 144 Å². The highest BCUT2D eigenvalue weighted by Crippen LogP contribution is 2.25.